The molecular weight excluding hydrogens is 458 g/mol. The number of methoxy groups -OCH3 is 2. The topological polar surface area (TPSA) is 104 Å². The molecule has 2 heterocycles. The van der Waals surface area contributed by atoms with Crippen molar-refractivity contribution in [1.82, 2.24) is 15.2 Å². The molecule has 2 aromatic carbocycles. The maximum atomic E-state index is 11.1. The predicted octanol–water partition coefficient (Wildman–Crippen LogP) is 3.64. The number of pyridine rings is 1. The summed E-state index contributed by atoms with van der Waals surface area (Å²) >= 11 is 0. The summed E-state index contributed by atoms with van der Waals surface area (Å²) in [6.45, 7) is 3.11. The van der Waals surface area contributed by atoms with Crippen LogP contribution in [-0.4, -0.2) is 66.0 Å². The van der Waals surface area contributed by atoms with Crippen LogP contribution in [0.5, 0.6) is 11.6 Å². The number of ether oxygens (including phenoxy) is 2. The molecule has 190 valence electrons. The lowest BCUT2D eigenvalue weighted by Gasteiger charge is -2.33. The number of benzene rings is 2. The Labute approximate surface area is 211 Å². The predicted molar refractivity (Wildman–Crippen MR) is 139 cm³/mol. The first-order valence-corrected chi connectivity index (χ1v) is 12.1. The fourth-order valence-corrected chi connectivity index (χ4v) is 4.60. The van der Waals surface area contributed by atoms with Gasteiger partial charge >= 0.3 is 5.97 Å². The van der Waals surface area contributed by atoms with E-state index in [1.807, 2.05) is 30.3 Å². The molecule has 4 rings (SSSR count). The first-order chi connectivity index (χ1) is 17.5. The molecule has 0 aliphatic carbocycles. The first kappa shape index (κ1) is 25.6. The molecule has 1 aliphatic heterocycles. The van der Waals surface area contributed by atoms with Crippen LogP contribution in [0.2, 0.25) is 0 Å². The van der Waals surface area contributed by atoms with E-state index in [-0.39, 0.29) is 0 Å². The number of hydrogen-bond acceptors (Lipinski definition) is 7. The third-order valence-electron chi connectivity index (χ3n) is 6.64. The number of fused-ring (bicyclic) bond motifs is 1. The molecule has 1 aliphatic rings. The second-order valence-corrected chi connectivity index (χ2v) is 8.99. The van der Waals surface area contributed by atoms with Crippen LogP contribution in [-0.2, 0) is 11.3 Å². The van der Waals surface area contributed by atoms with Crippen molar-refractivity contribution in [2.75, 3.05) is 33.9 Å². The van der Waals surface area contributed by atoms with E-state index in [4.69, 9.17) is 14.6 Å². The third kappa shape index (κ3) is 6.40. The summed E-state index contributed by atoms with van der Waals surface area (Å²) in [4.78, 5) is 17.8. The first-order valence-electron chi connectivity index (χ1n) is 12.1. The van der Waals surface area contributed by atoms with E-state index in [0.717, 1.165) is 55.3 Å². The number of hydrogen-bond donors (Lipinski definition) is 3. The van der Waals surface area contributed by atoms with Crippen molar-refractivity contribution < 1.29 is 24.5 Å². The summed E-state index contributed by atoms with van der Waals surface area (Å²) in [6.07, 6.45) is 3.93. The molecule has 1 unspecified atom stereocenters. The average molecular weight is 492 g/mol. The number of carboxylic acid groups (broad SMARTS) is 1. The van der Waals surface area contributed by atoms with Crippen LogP contribution in [0.1, 0.15) is 35.6 Å². The van der Waals surface area contributed by atoms with Gasteiger partial charge in [0.05, 0.1) is 25.8 Å². The number of rotatable bonds is 10. The van der Waals surface area contributed by atoms with Crippen LogP contribution in [0.3, 0.4) is 0 Å². The quantitative estimate of drug-likeness (QED) is 0.370. The number of piperidine rings is 1. The summed E-state index contributed by atoms with van der Waals surface area (Å²) in [7, 11) is 3.22. The van der Waals surface area contributed by atoms with Crippen LogP contribution in [0.25, 0.3) is 17.0 Å². The second kappa shape index (κ2) is 12.0. The van der Waals surface area contributed by atoms with Gasteiger partial charge in [0.2, 0.25) is 5.88 Å². The number of nitrogens with zero attached hydrogens (tertiary/aromatic N) is 2. The highest BCUT2D eigenvalue weighted by molar-refractivity contribution is 5.94. The number of carboxylic acids is 1. The Balaban J connectivity index is 1.38. The summed E-state index contributed by atoms with van der Waals surface area (Å²) in [5.74, 6) is 0.285. The molecule has 36 heavy (non-hydrogen) atoms. The Hall–Kier alpha value is -3.46. The normalized spacial score (nSPS) is 15.9. The van der Waals surface area contributed by atoms with Crippen LogP contribution < -0.4 is 14.8 Å². The van der Waals surface area contributed by atoms with E-state index in [0.29, 0.717) is 29.5 Å². The van der Waals surface area contributed by atoms with Gasteiger partial charge in [-0.1, -0.05) is 24.3 Å². The monoisotopic (exact) mass is 491 g/mol. The second-order valence-electron chi connectivity index (χ2n) is 8.99. The summed E-state index contributed by atoms with van der Waals surface area (Å²) in [5, 5.41) is 24.6. The summed E-state index contributed by atoms with van der Waals surface area (Å²) in [6, 6.07) is 15.8. The van der Waals surface area contributed by atoms with Gasteiger partial charge in [-0.3, -0.25) is 0 Å². The van der Waals surface area contributed by atoms with Gasteiger partial charge in [-0.2, -0.15) is 0 Å². The van der Waals surface area contributed by atoms with E-state index in [9.17, 15) is 9.90 Å². The third-order valence-corrected chi connectivity index (χ3v) is 6.64. The van der Waals surface area contributed by atoms with Crippen molar-refractivity contribution in [1.29, 1.82) is 0 Å². The number of likely N-dealkylation sites (tertiary alicyclic amines) is 1. The number of nitrogens with one attached hydrogen (secondary N) is 1. The Morgan fingerprint density at radius 3 is 2.53 bits per heavy atom. The standard InChI is InChI=1S/C28H33N3O5/c1-35-22-7-3-19(4-8-22)17-29-21-13-15-31(16-14-21)18-25(32)24-9-5-20(6-12-27(33)34)23-10-11-26(36-2)30-28(23)24/h3-12,21,25,29,32H,13-18H2,1-2H3,(H,33,34)/b12-6+. The number of aliphatic hydroxyl groups excluding tert-OH is 1. The number of aliphatic carboxylic acids is 1. The molecule has 0 spiro atoms. The number of aromatic nitrogens is 1. The zero-order valence-corrected chi connectivity index (χ0v) is 20.7. The van der Waals surface area contributed by atoms with Crippen LogP contribution in [0.4, 0.5) is 0 Å². The van der Waals surface area contributed by atoms with Crippen molar-refractivity contribution in [3.05, 3.63) is 71.3 Å². The molecule has 8 heteroatoms. The number of aliphatic hydroxyl groups is 1. The van der Waals surface area contributed by atoms with Crippen molar-refractivity contribution in [3.63, 3.8) is 0 Å². The Morgan fingerprint density at radius 1 is 1.11 bits per heavy atom. The van der Waals surface area contributed by atoms with Crippen molar-refractivity contribution in [3.8, 4) is 11.6 Å². The molecule has 1 fully saturated rings. The molecular formula is C28H33N3O5. The average Bonchev–Trinajstić information content (AvgIpc) is 2.91. The van der Waals surface area contributed by atoms with Crippen LogP contribution in [0.15, 0.2) is 54.6 Å². The van der Waals surface area contributed by atoms with Gasteiger partial charge in [-0.15, -0.1) is 0 Å². The molecule has 3 aromatic rings. The Kier molecular flexibility index (Phi) is 8.53. The van der Waals surface area contributed by atoms with E-state index in [2.05, 4.69) is 27.3 Å². The van der Waals surface area contributed by atoms with Crippen molar-refractivity contribution >= 4 is 22.9 Å². The zero-order valence-electron chi connectivity index (χ0n) is 20.7. The number of carbonyl (C=O) groups is 1. The van der Waals surface area contributed by atoms with Gasteiger partial charge in [0, 0.05) is 42.2 Å². The lowest BCUT2D eigenvalue weighted by Crippen LogP contribution is -2.43. The van der Waals surface area contributed by atoms with Gasteiger partial charge < -0.3 is 29.9 Å². The fourth-order valence-electron chi connectivity index (χ4n) is 4.60. The van der Waals surface area contributed by atoms with E-state index in [1.54, 1.807) is 26.4 Å². The zero-order chi connectivity index (χ0) is 25.5. The Bertz CT molecular complexity index is 1200. The molecule has 8 nitrogen and oxygen atoms in total. The number of β-amino-alcohol motifs (C(OH)–C–C–N with tert-alkyl or cyclic N) is 1. The maximum Gasteiger partial charge on any atom is 0.328 e. The maximum absolute atomic E-state index is 11.1. The fraction of sp³-hybridized carbons (Fsp3) is 0.357. The Morgan fingerprint density at radius 2 is 1.86 bits per heavy atom. The lowest BCUT2D eigenvalue weighted by molar-refractivity contribution is -0.131. The SMILES string of the molecule is COc1ccc(CNC2CCN(CC(O)c3ccc(/C=C/C(=O)O)c4ccc(OC)nc34)CC2)cc1. The molecule has 0 radical (unpaired) electrons. The van der Waals surface area contributed by atoms with E-state index >= 15 is 0 Å². The molecule has 3 N–H and O–H groups in total. The minimum Gasteiger partial charge on any atom is -0.497 e. The summed E-state index contributed by atoms with van der Waals surface area (Å²) in [5.41, 5.74) is 3.27. The summed E-state index contributed by atoms with van der Waals surface area (Å²) < 4.78 is 10.5. The van der Waals surface area contributed by atoms with Crippen LogP contribution >= 0.6 is 0 Å². The van der Waals surface area contributed by atoms with Gasteiger partial charge in [0.1, 0.15) is 5.75 Å². The highest BCUT2D eigenvalue weighted by Gasteiger charge is 2.23. The largest absolute Gasteiger partial charge is 0.497 e. The molecule has 0 bridgehead atoms. The molecule has 0 saturated carbocycles. The van der Waals surface area contributed by atoms with E-state index < -0.39 is 12.1 Å². The highest BCUT2D eigenvalue weighted by atomic mass is 16.5. The molecule has 1 saturated heterocycles. The van der Waals surface area contributed by atoms with Gasteiger partial charge in [-0.05, 0) is 61.3 Å². The van der Waals surface area contributed by atoms with Crippen molar-refractivity contribution in [2.24, 2.45) is 0 Å². The minimum absolute atomic E-state index is 0.438. The minimum atomic E-state index is -1.02. The van der Waals surface area contributed by atoms with E-state index in [1.165, 1.54) is 5.56 Å². The molecule has 1 aromatic heterocycles. The molecule has 0 amide bonds. The molecule has 1 atom stereocenters. The van der Waals surface area contributed by atoms with Crippen LogP contribution in [0, 0.1) is 0 Å². The van der Waals surface area contributed by atoms with Gasteiger partial charge in [0.25, 0.3) is 0 Å². The highest BCUT2D eigenvalue weighted by Crippen LogP contribution is 2.29. The lowest BCUT2D eigenvalue weighted by atomic mass is 9.98. The van der Waals surface area contributed by atoms with Crippen molar-refractivity contribution in [2.45, 2.75) is 31.5 Å². The van der Waals surface area contributed by atoms with Gasteiger partial charge in [-0.25, -0.2) is 9.78 Å². The smallest absolute Gasteiger partial charge is 0.328 e. The van der Waals surface area contributed by atoms with Gasteiger partial charge in [0.15, 0.2) is 0 Å².